The van der Waals surface area contributed by atoms with Crippen molar-refractivity contribution in [1.82, 2.24) is 16.0 Å². The van der Waals surface area contributed by atoms with Gasteiger partial charge in [-0.05, 0) is 14.1 Å². The van der Waals surface area contributed by atoms with Gasteiger partial charge >= 0.3 is 11.8 Å². The molecule has 0 bridgehead atoms. The molecule has 0 spiro atoms. The van der Waals surface area contributed by atoms with E-state index < -0.39 is 11.8 Å². The molecular weight excluding hydrogens is 146 g/mol. The zero-order chi connectivity index (χ0) is 8.85. The molecule has 5 heteroatoms. The normalized spacial score (nSPS) is 9.73. The van der Waals surface area contributed by atoms with E-state index in [1.165, 1.54) is 0 Å². The minimum atomic E-state index is -1.19. The van der Waals surface area contributed by atoms with Crippen molar-refractivity contribution in [3.63, 3.8) is 0 Å². The number of carbonyl (C=O) groups excluding carboxylic acids is 2. The second-order valence-corrected chi connectivity index (χ2v) is 2.39. The Morgan fingerprint density at radius 3 is 2.36 bits per heavy atom. The maximum atomic E-state index is 10.5. The van der Waals surface area contributed by atoms with Crippen molar-refractivity contribution in [2.45, 2.75) is 0 Å². The van der Waals surface area contributed by atoms with E-state index in [0.29, 0.717) is 13.1 Å². The first-order valence-electron chi connectivity index (χ1n) is 3.22. The lowest BCUT2D eigenvalue weighted by molar-refractivity contribution is -0.137. The molecule has 0 fully saturated rings. The Labute approximate surface area is 65.5 Å². The Bertz CT molecular complexity index is 156. The summed E-state index contributed by atoms with van der Waals surface area (Å²) >= 11 is 0. The van der Waals surface area contributed by atoms with Crippen LogP contribution in [-0.2, 0) is 9.59 Å². The van der Waals surface area contributed by atoms with Crippen LogP contribution in [0.3, 0.4) is 0 Å². The highest BCUT2D eigenvalue weighted by atomic mass is 16.2. The fraction of sp³-hybridized carbons (Fsp3) is 0.667. The summed E-state index contributed by atoms with van der Waals surface area (Å²) in [5.74, 6) is -2.03. The summed E-state index contributed by atoms with van der Waals surface area (Å²) in [6, 6.07) is 0. The third kappa shape index (κ3) is 5.35. The monoisotopic (exact) mass is 158 g/mol. The molecule has 5 nitrogen and oxygen atoms in total. The van der Waals surface area contributed by atoms with E-state index >= 15 is 0 Å². The molecule has 1 radical (unpaired) electrons. The van der Waals surface area contributed by atoms with Gasteiger partial charge in [0.15, 0.2) is 0 Å². The Kier molecular flexibility index (Phi) is 4.21. The van der Waals surface area contributed by atoms with Gasteiger partial charge in [-0.2, -0.15) is 0 Å². The molecule has 0 saturated carbocycles. The van der Waals surface area contributed by atoms with Crippen LogP contribution in [0, 0.1) is 0 Å². The summed E-state index contributed by atoms with van der Waals surface area (Å²) in [5, 5.41) is 2.30. The van der Waals surface area contributed by atoms with Gasteiger partial charge in [0.1, 0.15) is 0 Å². The minimum Gasteiger partial charge on any atom is -0.346 e. The van der Waals surface area contributed by atoms with E-state index in [1.54, 1.807) is 0 Å². The van der Waals surface area contributed by atoms with Crippen LogP contribution in [0.25, 0.3) is 0 Å². The molecule has 2 N–H and O–H groups in total. The van der Waals surface area contributed by atoms with Gasteiger partial charge in [0.25, 0.3) is 0 Å². The summed E-state index contributed by atoms with van der Waals surface area (Å²) < 4.78 is 0. The van der Waals surface area contributed by atoms with Crippen molar-refractivity contribution in [2.24, 2.45) is 0 Å². The lowest BCUT2D eigenvalue weighted by atomic mass is 10.5. The van der Waals surface area contributed by atoms with Crippen molar-refractivity contribution in [1.29, 1.82) is 0 Å². The van der Waals surface area contributed by atoms with Crippen LogP contribution < -0.4 is 11.1 Å². The van der Waals surface area contributed by atoms with Gasteiger partial charge in [-0.3, -0.25) is 15.3 Å². The van der Waals surface area contributed by atoms with E-state index in [4.69, 9.17) is 5.73 Å². The van der Waals surface area contributed by atoms with Crippen LogP contribution in [0.1, 0.15) is 0 Å². The first kappa shape index (κ1) is 9.90. The van der Waals surface area contributed by atoms with Crippen LogP contribution in [0.5, 0.6) is 0 Å². The summed E-state index contributed by atoms with van der Waals surface area (Å²) in [6.07, 6.45) is 0. The fourth-order valence-corrected chi connectivity index (χ4v) is 0.473. The lowest BCUT2D eigenvalue weighted by Crippen LogP contribution is -2.36. The second kappa shape index (κ2) is 4.68. The van der Waals surface area contributed by atoms with E-state index in [9.17, 15) is 9.59 Å². The van der Waals surface area contributed by atoms with Gasteiger partial charge < -0.3 is 10.2 Å². The number of likely N-dealkylation sites (N-methyl/N-ethyl adjacent to an activating group) is 1. The standard InChI is InChI=1S/C6H12N3O2/c1-9(2)4-3-8-6(11)5(7)10/h7H,3-4H2,1-2H3,(H,8,11). The predicted octanol–water partition coefficient (Wildman–Crippen LogP) is -1.53. The predicted molar refractivity (Wildman–Crippen MR) is 39.7 cm³/mol. The molecule has 0 heterocycles. The quantitative estimate of drug-likeness (QED) is 0.506. The number of hydrogen-bond donors (Lipinski definition) is 1. The molecule has 0 aliphatic carbocycles. The minimum absolute atomic E-state index is 0.399. The molecule has 0 unspecified atom stereocenters. The van der Waals surface area contributed by atoms with Crippen molar-refractivity contribution in [3.05, 3.63) is 0 Å². The van der Waals surface area contributed by atoms with E-state index in [1.807, 2.05) is 19.0 Å². The third-order valence-corrected chi connectivity index (χ3v) is 1.05. The van der Waals surface area contributed by atoms with Crippen LogP contribution in [0.15, 0.2) is 0 Å². The highest BCUT2D eigenvalue weighted by molar-refractivity contribution is 6.34. The largest absolute Gasteiger partial charge is 0.346 e. The maximum absolute atomic E-state index is 10.5. The van der Waals surface area contributed by atoms with Crippen molar-refractivity contribution < 1.29 is 9.59 Å². The molecule has 0 saturated heterocycles. The third-order valence-electron chi connectivity index (χ3n) is 1.05. The average Bonchev–Trinajstić information content (AvgIpc) is 1.86. The van der Waals surface area contributed by atoms with Gasteiger partial charge in [-0.15, -0.1) is 0 Å². The molecule has 0 aliphatic heterocycles. The smallest absolute Gasteiger partial charge is 0.327 e. The first-order chi connectivity index (χ1) is 5.04. The summed E-state index contributed by atoms with van der Waals surface area (Å²) in [6.45, 7) is 1.06. The topological polar surface area (TPSA) is 73.2 Å². The molecular formula is C6H12N3O2. The fourth-order valence-electron chi connectivity index (χ4n) is 0.473. The molecule has 2 amide bonds. The average molecular weight is 158 g/mol. The number of carbonyl (C=O) groups is 2. The van der Waals surface area contributed by atoms with Gasteiger partial charge in [0, 0.05) is 13.1 Å². The molecule has 0 aromatic carbocycles. The van der Waals surface area contributed by atoms with Gasteiger partial charge in [0.05, 0.1) is 0 Å². The number of rotatable bonds is 3. The molecule has 0 atom stereocenters. The van der Waals surface area contributed by atoms with Crippen molar-refractivity contribution in [2.75, 3.05) is 27.2 Å². The first-order valence-corrected chi connectivity index (χ1v) is 3.22. The number of hydrogen-bond acceptors (Lipinski definition) is 3. The maximum Gasteiger partial charge on any atom is 0.327 e. The van der Waals surface area contributed by atoms with Crippen LogP contribution in [0.2, 0.25) is 0 Å². The van der Waals surface area contributed by atoms with Crippen molar-refractivity contribution >= 4 is 11.8 Å². The van der Waals surface area contributed by atoms with Gasteiger partial charge in [0.2, 0.25) is 0 Å². The van der Waals surface area contributed by atoms with Gasteiger partial charge in [-0.25, -0.2) is 0 Å². The highest BCUT2D eigenvalue weighted by Gasteiger charge is 2.07. The number of amides is 2. The van der Waals surface area contributed by atoms with Gasteiger partial charge in [-0.1, -0.05) is 0 Å². The van der Waals surface area contributed by atoms with E-state index in [0.717, 1.165) is 0 Å². The van der Waals surface area contributed by atoms with Crippen LogP contribution in [-0.4, -0.2) is 43.9 Å². The molecule has 11 heavy (non-hydrogen) atoms. The lowest BCUT2D eigenvalue weighted by Gasteiger charge is -2.08. The Morgan fingerprint density at radius 2 is 2.00 bits per heavy atom. The van der Waals surface area contributed by atoms with Crippen LogP contribution >= 0.6 is 0 Å². The SMILES string of the molecule is CN(C)CCNC(=O)C([NH])=O. The molecule has 63 valence electrons. The Morgan fingerprint density at radius 1 is 1.45 bits per heavy atom. The molecule has 0 aromatic rings. The molecule has 0 aromatic heterocycles. The molecule has 0 aliphatic rings. The Balaban J connectivity index is 3.40. The van der Waals surface area contributed by atoms with E-state index in [-0.39, 0.29) is 0 Å². The zero-order valence-electron chi connectivity index (χ0n) is 6.68. The molecule has 0 rings (SSSR count). The van der Waals surface area contributed by atoms with Crippen LogP contribution in [0.4, 0.5) is 0 Å². The number of nitrogens with zero attached hydrogens (tertiary/aromatic N) is 1. The highest BCUT2D eigenvalue weighted by Crippen LogP contribution is 1.71. The summed E-state index contributed by atoms with van der Waals surface area (Å²) in [4.78, 5) is 22.4. The number of nitrogens with one attached hydrogen (secondary N) is 2. The Hall–Kier alpha value is -1.10. The van der Waals surface area contributed by atoms with Crippen molar-refractivity contribution in [3.8, 4) is 0 Å². The zero-order valence-corrected chi connectivity index (χ0v) is 6.68. The van der Waals surface area contributed by atoms with E-state index in [2.05, 4.69) is 5.32 Å². The summed E-state index contributed by atoms with van der Waals surface area (Å²) in [7, 11) is 3.71. The second-order valence-electron chi connectivity index (χ2n) is 2.39. The summed E-state index contributed by atoms with van der Waals surface area (Å²) in [5.41, 5.74) is 6.40.